The van der Waals surface area contributed by atoms with Crippen LogP contribution in [0.1, 0.15) is 12.5 Å². The number of benzene rings is 1. The Morgan fingerprint density at radius 2 is 2.35 bits per heavy atom. The fourth-order valence-electron chi connectivity index (χ4n) is 1.50. The van der Waals surface area contributed by atoms with Crippen molar-refractivity contribution in [1.82, 2.24) is 10.4 Å². The van der Waals surface area contributed by atoms with Gasteiger partial charge < -0.3 is 5.73 Å². The van der Waals surface area contributed by atoms with Crippen LogP contribution >= 0.6 is 46.1 Å². The number of fused-ring (bicyclic) bond motifs is 1. The number of halogens is 1. The molecule has 0 spiro atoms. The minimum atomic E-state index is 0.203. The Hall–Kier alpha value is -0.670. The van der Waals surface area contributed by atoms with Gasteiger partial charge in [0.1, 0.15) is 0 Å². The molecule has 7 heteroatoms. The van der Waals surface area contributed by atoms with Gasteiger partial charge in [-0.3, -0.25) is 10.9 Å². The number of anilines is 1. The zero-order valence-corrected chi connectivity index (χ0v) is 12.9. The van der Waals surface area contributed by atoms with Crippen molar-refractivity contribution >= 4 is 66.6 Å². The number of nitrogens with one attached hydrogen (secondary N) is 2. The molecule has 0 aliphatic heterocycles. The average molecular weight is 378 g/mol. The maximum absolute atomic E-state index is 5.35. The van der Waals surface area contributed by atoms with E-state index in [2.05, 4.69) is 57.5 Å². The standard InChI is InChI=1S/C10H11IN4S2/c1-2-5-3-6(11)4-7-8(5)13-10(17-7)15-14-9(12)16/h3-4H,2H2,1H3,(H,13,15)(H3,12,14,16). The van der Waals surface area contributed by atoms with Crippen LogP contribution in [0.5, 0.6) is 0 Å². The van der Waals surface area contributed by atoms with Crippen molar-refractivity contribution in [3.63, 3.8) is 0 Å². The van der Waals surface area contributed by atoms with E-state index in [1.165, 1.54) is 13.8 Å². The number of thiocarbonyl (C=S) groups is 1. The maximum Gasteiger partial charge on any atom is 0.202 e. The van der Waals surface area contributed by atoms with Gasteiger partial charge in [0.2, 0.25) is 5.13 Å². The Bertz CT molecular complexity index is 567. The average Bonchev–Trinajstić information content (AvgIpc) is 2.67. The third kappa shape index (κ3) is 2.96. The lowest BCUT2D eigenvalue weighted by Crippen LogP contribution is -2.33. The van der Waals surface area contributed by atoms with E-state index in [1.807, 2.05) is 0 Å². The molecule has 0 aliphatic rings. The SMILES string of the molecule is CCc1cc(I)cc2sc(NNC(N)=S)nc12. The smallest absolute Gasteiger partial charge is 0.202 e. The summed E-state index contributed by atoms with van der Waals surface area (Å²) in [5, 5.41) is 0.971. The second kappa shape index (κ2) is 5.32. The van der Waals surface area contributed by atoms with E-state index >= 15 is 0 Å². The second-order valence-electron chi connectivity index (χ2n) is 3.40. The van der Waals surface area contributed by atoms with E-state index in [0.717, 1.165) is 17.1 Å². The molecule has 2 aromatic rings. The number of hydrogen-bond donors (Lipinski definition) is 3. The van der Waals surface area contributed by atoms with Crippen molar-refractivity contribution < 1.29 is 0 Å². The first-order valence-corrected chi connectivity index (χ1v) is 7.31. The number of aryl methyl sites for hydroxylation is 1. The largest absolute Gasteiger partial charge is 0.375 e. The molecule has 4 nitrogen and oxygen atoms in total. The lowest BCUT2D eigenvalue weighted by Gasteiger charge is -2.02. The Balaban J connectivity index is 2.39. The van der Waals surface area contributed by atoms with Crippen LogP contribution in [0.4, 0.5) is 5.13 Å². The van der Waals surface area contributed by atoms with Gasteiger partial charge in [0.15, 0.2) is 5.11 Å². The highest BCUT2D eigenvalue weighted by Crippen LogP contribution is 2.30. The van der Waals surface area contributed by atoms with Crippen LogP contribution in [0.3, 0.4) is 0 Å². The molecule has 0 saturated heterocycles. The number of rotatable bonds is 3. The van der Waals surface area contributed by atoms with E-state index in [1.54, 1.807) is 11.3 Å². The molecule has 0 saturated carbocycles. The Morgan fingerprint density at radius 3 is 3.00 bits per heavy atom. The number of thiazole rings is 1. The van der Waals surface area contributed by atoms with Crippen LogP contribution in [0.25, 0.3) is 10.2 Å². The number of nitrogens with two attached hydrogens (primary N) is 1. The van der Waals surface area contributed by atoms with Crippen molar-refractivity contribution in [3.8, 4) is 0 Å². The van der Waals surface area contributed by atoms with Crippen molar-refractivity contribution in [2.75, 3.05) is 5.43 Å². The quantitative estimate of drug-likeness (QED) is 0.436. The van der Waals surface area contributed by atoms with Crippen molar-refractivity contribution in [2.45, 2.75) is 13.3 Å². The van der Waals surface area contributed by atoms with Gasteiger partial charge in [-0.2, -0.15) is 0 Å². The molecule has 90 valence electrons. The molecule has 17 heavy (non-hydrogen) atoms. The molecular formula is C10H11IN4S2. The fraction of sp³-hybridized carbons (Fsp3) is 0.200. The van der Waals surface area contributed by atoms with Gasteiger partial charge in [0.25, 0.3) is 0 Å². The summed E-state index contributed by atoms with van der Waals surface area (Å²) in [4.78, 5) is 4.52. The third-order valence-electron chi connectivity index (χ3n) is 2.21. The highest BCUT2D eigenvalue weighted by atomic mass is 127. The van der Waals surface area contributed by atoms with Gasteiger partial charge in [-0.15, -0.1) is 0 Å². The lowest BCUT2D eigenvalue weighted by atomic mass is 10.1. The number of hydrogen-bond acceptors (Lipinski definition) is 4. The zero-order valence-electron chi connectivity index (χ0n) is 9.08. The van der Waals surface area contributed by atoms with Gasteiger partial charge in [-0.05, 0) is 58.9 Å². The van der Waals surface area contributed by atoms with Gasteiger partial charge in [-0.1, -0.05) is 18.3 Å². The summed E-state index contributed by atoms with van der Waals surface area (Å²) in [6, 6.07) is 4.28. The van der Waals surface area contributed by atoms with Crippen LogP contribution in [-0.2, 0) is 6.42 Å². The zero-order chi connectivity index (χ0) is 12.4. The monoisotopic (exact) mass is 378 g/mol. The van der Waals surface area contributed by atoms with Crippen molar-refractivity contribution in [2.24, 2.45) is 5.73 Å². The predicted molar refractivity (Wildman–Crippen MR) is 85.3 cm³/mol. The van der Waals surface area contributed by atoms with Crippen LogP contribution < -0.4 is 16.6 Å². The first kappa shape index (κ1) is 12.8. The Kier molecular flexibility index (Phi) is 4.00. The minimum absolute atomic E-state index is 0.203. The molecular weight excluding hydrogens is 367 g/mol. The summed E-state index contributed by atoms with van der Waals surface area (Å²) in [6.07, 6.45) is 0.971. The van der Waals surface area contributed by atoms with E-state index in [9.17, 15) is 0 Å². The highest BCUT2D eigenvalue weighted by Gasteiger charge is 2.08. The molecule has 2 rings (SSSR count). The van der Waals surface area contributed by atoms with Crippen LogP contribution in [0, 0.1) is 3.57 Å². The molecule has 1 aromatic carbocycles. The lowest BCUT2D eigenvalue weighted by molar-refractivity contribution is 1.11. The van der Waals surface area contributed by atoms with Crippen LogP contribution in [-0.4, -0.2) is 10.1 Å². The summed E-state index contributed by atoms with van der Waals surface area (Å²) < 4.78 is 2.39. The molecule has 0 aliphatic carbocycles. The molecule has 0 radical (unpaired) electrons. The predicted octanol–water partition coefficient (Wildman–Crippen LogP) is 2.62. The van der Waals surface area contributed by atoms with Gasteiger partial charge >= 0.3 is 0 Å². The topological polar surface area (TPSA) is 63.0 Å². The van der Waals surface area contributed by atoms with Crippen molar-refractivity contribution in [3.05, 3.63) is 21.3 Å². The Morgan fingerprint density at radius 1 is 1.59 bits per heavy atom. The Labute approximate surface area is 122 Å². The minimum Gasteiger partial charge on any atom is -0.375 e. The number of aromatic nitrogens is 1. The highest BCUT2D eigenvalue weighted by molar-refractivity contribution is 14.1. The molecule has 4 N–H and O–H groups in total. The summed E-state index contributed by atoms with van der Waals surface area (Å²) >= 11 is 8.62. The van der Waals surface area contributed by atoms with Crippen LogP contribution in [0.15, 0.2) is 12.1 Å². The second-order valence-corrected chi connectivity index (χ2v) is 6.11. The summed E-state index contributed by atoms with van der Waals surface area (Å²) in [6.45, 7) is 2.13. The van der Waals surface area contributed by atoms with Crippen molar-refractivity contribution in [1.29, 1.82) is 0 Å². The van der Waals surface area contributed by atoms with Gasteiger partial charge in [0, 0.05) is 3.57 Å². The van der Waals surface area contributed by atoms with Gasteiger partial charge in [0.05, 0.1) is 10.2 Å². The van der Waals surface area contributed by atoms with Crippen LogP contribution in [0.2, 0.25) is 0 Å². The maximum atomic E-state index is 5.35. The van der Waals surface area contributed by atoms with E-state index in [0.29, 0.717) is 0 Å². The summed E-state index contributed by atoms with van der Waals surface area (Å²) in [7, 11) is 0. The molecule has 1 aromatic heterocycles. The first-order valence-electron chi connectivity index (χ1n) is 5.00. The normalized spacial score (nSPS) is 10.5. The molecule has 0 amide bonds. The number of hydrazine groups is 1. The summed E-state index contributed by atoms with van der Waals surface area (Å²) in [5.74, 6) is 0. The first-order chi connectivity index (χ1) is 8.10. The molecule has 0 bridgehead atoms. The third-order valence-corrected chi connectivity index (χ3v) is 3.85. The molecule has 1 heterocycles. The summed E-state index contributed by atoms with van der Waals surface area (Å²) in [5.41, 5.74) is 13.2. The van der Waals surface area contributed by atoms with Gasteiger partial charge in [-0.25, -0.2) is 4.98 Å². The fourth-order valence-corrected chi connectivity index (χ4v) is 3.36. The van der Waals surface area contributed by atoms with E-state index in [4.69, 9.17) is 18.0 Å². The molecule has 0 atom stereocenters. The molecule has 0 unspecified atom stereocenters. The molecule has 0 fully saturated rings. The van der Waals surface area contributed by atoms with E-state index < -0.39 is 0 Å². The van der Waals surface area contributed by atoms with E-state index in [-0.39, 0.29) is 5.11 Å². The number of nitrogens with zero attached hydrogens (tertiary/aromatic N) is 1.